The first-order chi connectivity index (χ1) is 11.5. The summed E-state index contributed by atoms with van der Waals surface area (Å²) in [5.41, 5.74) is 2.67. The Labute approximate surface area is 149 Å². The van der Waals surface area contributed by atoms with Crippen molar-refractivity contribution in [2.75, 3.05) is 14.2 Å². The van der Waals surface area contributed by atoms with Gasteiger partial charge in [-0.1, -0.05) is 28.1 Å². The van der Waals surface area contributed by atoms with Gasteiger partial charge in [0.15, 0.2) is 11.5 Å². The quantitative estimate of drug-likeness (QED) is 0.567. The van der Waals surface area contributed by atoms with E-state index in [4.69, 9.17) is 9.47 Å². The number of hydrogen-bond acceptors (Lipinski definition) is 5. The van der Waals surface area contributed by atoms with E-state index in [1.165, 1.54) is 0 Å². The third kappa shape index (κ3) is 4.24. The zero-order valence-corrected chi connectivity index (χ0v) is 15.3. The number of rotatable bonds is 7. The van der Waals surface area contributed by atoms with Gasteiger partial charge in [-0.15, -0.1) is 0 Å². The van der Waals surface area contributed by atoms with Gasteiger partial charge in [-0.3, -0.25) is 10.1 Å². The third-order valence-corrected chi connectivity index (χ3v) is 4.41. The highest BCUT2D eigenvalue weighted by Gasteiger charge is 2.12. The highest BCUT2D eigenvalue weighted by atomic mass is 79.9. The largest absolute Gasteiger partial charge is 0.493 e. The van der Waals surface area contributed by atoms with E-state index in [0.717, 1.165) is 15.6 Å². The molecule has 2 rings (SSSR count). The third-order valence-electron chi connectivity index (χ3n) is 3.67. The molecule has 2 aromatic rings. The Bertz CT molecular complexity index is 750. The van der Waals surface area contributed by atoms with E-state index in [1.54, 1.807) is 33.3 Å². The van der Waals surface area contributed by atoms with E-state index in [0.29, 0.717) is 30.2 Å². The number of methoxy groups -OCH3 is 2. The molecule has 0 spiro atoms. The first-order valence-electron chi connectivity index (χ1n) is 7.31. The molecule has 0 saturated carbocycles. The zero-order valence-electron chi connectivity index (χ0n) is 13.8. The summed E-state index contributed by atoms with van der Waals surface area (Å²) in [6.07, 6.45) is 0. The molecular formula is C17H19BrN2O4. The van der Waals surface area contributed by atoms with Gasteiger partial charge in [-0.25, -0.2) is 0 Å². The fraction of sp³-hybridized carbons (Fsp3) is 0.294. The highest BCUT2D eigenvalue weighted by Crippen LogP contribution is 2.33. The summed E-state index contributed by atoms with van der Waals surface area (Å²) < 4.78 is 11.5. The van der Waals surface area contributed by atoms with Crippen LogP contribution in [-0.4, -0.2) is 19.1 Å². The van der Waals surface area contributed by atoms with E-state index in [9.17, 15) is 10.1 Å². The van der Waals surface area contributed by atoms with Gasteiger partial charge >= 0.3 is 0 Å². The van der Waals surface area contributed by atoms with Gasteiger partial charge in [0.25, 0.3) is 5.69 Å². The van der Waals surface area contributed by atoms with E-state index < -0.39 is 0 Å². The maximum absolute atomic E-state index is 11.0. The van der Waals surface area contributed by atoms with Gasteiger partial charge in [-0.05, 0) is 30.2 Å². The number of hydrogen-bond donors (Lipinski definition) is 1. The summed E-state index contributed by atoms with van der Waals surface area (Å²) in [5.74, 6) is 1.31. The summed E-state index contributed by atoms with van der Waals surface area (Å²) in [7, 11) is 3.18. The van der Waals surface area contributed by atoms with Crippen LogP contribution in [0.5, 0.6) is 11.5 Å². The Balaban J connectivity index is 2.07. The summed E-state index contributed by atoms with van der Waals surface area (Å²) in [6.45, 7) is 2.85. The standard InChI is InChI=1S/C17H19BrN2O4/c1-11-4-5-12(6-15(11)20(21)22)9-19-10-13-7-16(23-2)17(24-3)8-14(13)18/h4-8,19H,9-10H2,1-3H3. The van der Waals surface area contributed by atoms with Crippen LogP contribution in [0.2, 0.25) is 0 Å². The molecule has 24 heavy (non-hydrogen) atoms. The number of nitro benzene ring substituents is 1. The molecule has 0 aliphatic heterocycles. The smallest absolute Gasteiger partial charge is 0.272 e. The van der Waals surface area contributed by atoms with Gasteiger partial charge in [0.1, 0.15) is 0 Å². The minimum absolute atomic E-state index is 0.140. The SMILES string of the molecule is COc1cc(Br)c(CNCc2ccc(C)c([N+](=O)[O-])c2)cc1OC. The van der Waals surface area contributed by atoms with Crippen molar-refractivity contribution < 1.29 is 14.4 Å². The minimum atomic E-state index is -0.357. The lowest BCUT2D eigenvalue weighted by atomic mass is 10.1. The van der Waals surface area contributed by atoms with Crippen molar-refractivity contribution in [1.29, 1.82) is 0 Å². The first-order valence-corrected chi connectivity index (χ1v) is 8.10. The second-order valence-corrected chi connectivity index (χ2v) is 6.13. The van der Waals surface area contributed by atoms with Crippen LogP contribution in [0.1, 0.15) is 16.7 Å². The summed E-state index contributed by atoms with van der Waals surface area (Å²) in [4.78, 5) is 10.6. The van der Waals surface area contributed by atoms with E-state index in [1.807, 2.05) is 18.2 Å². The Morgan fingerprint density at radius 3 is 2.42 bits per heavy atom. The molecule has 0 saturated heterocycles. The maximum Gasteiger partial charge on any atom is 0.272 e. The van der Waals surface area contributed by atoms with Crippen LogP contribution in [0.3, 0.4) is 0 Å². The summed E-state index contributed by atoms with van der Waals surface area (Å²) >= 11 is 3.51. The molecule has 128 valence electrons. The highest BCUT2D eigenvalue weighted by molar-refractivity contribution is 9.10. The van der Waals surface area contributed by atoms with Crippen molar-refractivity contribution in [3.05, 3.63) is 61.6 Å². The van der Waals surface area contributed by atoms with Crippen molar-refractivity contribution in [2.45, 2.75) is 20.0 Å². The zero-order chi connectivity index (χ0) is 17.7. The van der Waals surface area contributed by atoms with E-state index in [2.05, 4.69) is 21.2 Å². The molecule has 0 fully saturated rings. The molecule has 0 unspecified atom stereocenters. The fourth-order valence-electron chi connectivity index (χ4n) is 2.33. The van der Waals surface area contributed by atoms with Gasteiger partial charge in [0.05, 0.1) is 19.1 Å². The van der Waals surface area contributed by atoms with E-state index in [-0.39, 0.29) is 10.6 Å². The molecule has 0 aliphatic rings. The minimum Gasteiger partial charge on any atom is -0.493 e. The lowest BCUT2D eigenvalue weighted by molar-refractivity contribution is -0.385. The van der Waals surface area contributed by atoms with Gasteiger partial charge in [-0.2, -0.15) is 0 Å². The number of benzene rings is 2. The molecule has 0 radical (unpaired) electrons. The normalized spacial score (nSPS) is 10.5. The topological polar surface area (TPSA) is 73.6 Å². The van der Waals surface area contributed by atoms with Gasteiger partial charge in [0.2, 0.25) is 0 Å². The molecule has 1 N–H and O–H groups in total. The molecule has 2 aromatic carbocycles. The molecule has 0 amide bonds. The molecule has 6 nitrogen and oxygen atoms in total. The predicted octanol–water partition coefficient (Wildman–Crippen LogP) is 3.97. The number of aryl methyl sites for hydroxylation is 1. The van der Waals surface area contributed by atoms with Crippen molar-refractivity contribution >= 4 is 21.6 Å². The molecule has 0 atom stereocenters. The lowest BCUT2D eigenvalue weighted by Crippen LogP contribution is -2.13. The monoisotopic (exact) mass is 394 g/mol. The van der Waals surface area contributed by atoms with Crippen LogP contribution < -0.4 is 14.8 Å². The van der Waals surface area contributed by atoms with Crippen LogP contribution in [-0.2, 0) is 13.1 Å². The van der Waals surface area contributed by atoms with Gasteiger partial charge < -0.3 is 14.8 Å². The van der Waals surface area contributed by atoms with Crippen LogP contribution in [0.25, 0.3) is 0 Å². The molecule has 0 heterocycles. The Morgan fingerprint density at radius 2 is 1.79 bits per heavy atom. The molecule has 0 aliphatic carbocycles. The first kappa shape index (κ1) is 18.2. The lowest BCUT2D eigenvalue weighted by Gasteiger charge is -2.12. The number of nitro groups is 1. The molecule has 7 heteroatoms. The van der Waals surface area contributed by atoms with Crippen LogP contribution in [0.4, 0.5) is 5.69 Å². The Morgan fingerprint density at radius 1 is 1.12 bits per heavy atom. The maximum atomic E-state index is 11.0. The van der Waals surface area contributed by atoms with Crippen LogP contribution in [0.15, 0.2) is 34.8 Å². The second kappa shape index (κ2) is 8.12. The Hall–Kier alpha value is -2.12. The number of ether oxygens (including phenoxy) is 2. The molecular weight excluding hydrogens is 376 g/mol. The average molecular weight is 395 g/mol. The number of nitrogens with zero attached hydrogens (tertiary/aromatic N) is 1. The Kier molecular flexibility index (Phi) is 6.16. The molecule has 0 aromatic heterocycles. The van der Waals surface area contributed by atoms with Crippen molar-refractivity contribution in [3.63, 3.8) is 0 Å². The molecule has 0 bridgehead atoms. The van der Waals surface area contributed by atoms with Crippen molar-refractivity contribution in [1.82, 2.24) is 5.32 Å². The summed E-state index contributed by atoms with van der Waals surface area (Å²) in [6, 6.07) is 9.01. The van der Waals surface area contributed by atoms with E-state index >= 15 is 0 Å². The van der Waals surface area contributed by atoms with Gasteiger partial charge in [0, 0.05) is 29.2 Å². The average Bonchev–Trinajstić information content (AvgIpc) is 2.57. The van der Waals surface area contributed by atoms with Crippen LogP contribution >= 0.6 is 15.9 Å². The second-order valence-electron chi connectivity index (χ2n) is 5.28. The number of halogens is 1. The fourth-order valence-corrected chi connectivity index (χ4v) is 2.80. The number of nitrogens with one attached hydrogen (secondary N) is 1. The van der Waals surface area contributed by atoms with Crippen molar-refractivity contribution in [3.8, 4) is 11.5 Å². The van der Waals surface area contributed by atoms with Crippen molar-refractivity contribution in [2.24, 2.45) is 0 Å². The van der Waals surface area contributed by atoms with Crippen LogP contribution in [0, 0.1) is 17.0 Å². The summed E-state index contributed by atoms with van der Waals surface area (Å²) in [5, 5.41) is 14.3. The predicted molar refractivity (Wildman–Crippen MR) is 95.6 cm³/mol.